The maximum absolute atomic E-state index is 13.4. The average molecular weight is 449 g/mol. The number of rotatable bonds is 8. The standard InChI is InChI=1S/C21H28N4O3S2/c1-4-10-22-20(28)23-16(26)12-29-21-24-18-17(14-7-5-6-8-15(14)30-18)19(27)25(21)11-9-13(2)3/h4,13H,1,5-12H2,2-3H3,(H2,22,23,26,28). The van der Waals surface area contributed by atoms with Gasteiger partial charge in [-0.2, -0.15) is 0 Å². The van der Waals surface area contributed by atoms with Gasteiger partial charge in [0.05, 0.1) is 11.1 Å². The number of carbonyl (C=O) groups is 2. The molecule has 2 heterocycles. The average Bonchev–Trinajstić information content (AvgIpc) is 3.08. The van der Waals surface area contributed by atoms with Gasteiger partial charge >= 0.3 is 6.03 Å². The van der Waals surface area contributed by atoms with Crippen LogP contribution in [0.5, 0.6) is 0 Å². The van der Waals surface area contributed by atoms with E-state index in [9.17, 15) is 14.4 Å². The largest absolute Gasteiger partial charge is 0.334 e. The lowest BCUT2D eigenvalue weighted by molar-refractivity contribution is -0.117. The van der Waals surface area contributed by atoms with Crippen molar-refractivity contribution in [2.45, 2.75) is 57.7 Å². The molecular weight excluding hydrogens is 420 g/mol. The summed E-state index contributed by atoms with van der Waals surface area (Å²) < 4.78 is 1.71. The number of carbonyl (C=O) groups excluding carboxylic acids is 2. The van der Waals surface area contributed by atoms with E-state index in [1.54, 1.807) is 15.9 Å². The van der Waals surface area contributed by atoms with Crippen LogP contribution in [-0.2, 0) is 24.2 Å². The first-order valence-corrected chi connectivity index (χ1v) is 12.1. The Hall–Kier alpha value is -2.13. The fraction of sp³-hybridized carbons (Fsp3) is 0.524. The summed E-state index contributed by atoms with van der Waals surface area (Å²) >= 11 is 2.80. The maximum Gasteiger partial charge on any atom is 0.321 e. The molecule has 1 aliphatic carbocycles. The zero-order valence-corrected chi connectivity index (χ0v) is 19.1. The lowest BCUT2D eigenvalue weighted by Crippen LogP contribution is -2.40. The van der Waals surface area contributed by atoms with Crippen LogP contribution in [0.2, 0.25) is 0 Å². The van der Waals surface area contributed by atoms with Gasteiger partial charge in [-0.15, -0.1) is 17.9 Å². The second-order valence-electron chi connectivity index (χ2n) is 7.76. The zero-order valence-electron chi connectivity index (χ0n) is 17.5. The van der Waals surface area contributed by atoms with E-state index in [-0.39, 0.29) is 17.9 Å². The van der Waals surface area contributed by atoms with E-state index in [2.05, 4.69) is 31.1 Å². The molecule has 0 radical (unpaired) electrons. The monoisotopic (exact) mass is 448 g/mol. The van der Waals surface area contributed by atoms with E-state index >= 15 is 0 Å². The summed E-state index contributed by atoms with van der Waals surface area (Å²) in [5, 5.41) is 6.07. The number of amides is 3. The Morgan fingerprint density at radius 2 is 2.10 bits per heavy atom. The summed E-state index contributed by atoms with van der Waals surface area (Å²) in [4.78, 5) is 44.0. The SMILES string of the molecule is C=CCNC(=O)NC(=O)CSc1nc2sc3c(c2c(=O)n1CCC(C)C)CCCC3. The van der Waals surface area contributed by atoms with Gasteiger partial charge in [0, 0.05) is 18.0 Å². The molecule has 0 saturated heterocycles. The molecule has 3 amide bonds. The summed E-state index contributed by atoms with van der Waals surface area (Å²) in [5.41, 5.74) is 1.16. The first kappa shape index (κ1) is 22.6. The molecule has 1 aliphatic rings. The highest BCUT2D eigenvalue weighted by atomic mass is 32.2. The van der Waals surface area contributed by atoms with Crippen molar-refractivity contribution < 1.29 is 9.59 Å². The smallest absolute Gasteiger partial charge is 0.321 e. The van der Waals surface area contributed by atoms with Crippen LogP contribution in [0.3, 0.4) is 0 Å². The van der Waals surface area contributed by atoms with Crippen molar-refractivity contribution in [3.05, 3.63) is 33.4 Å². The third kappa shape index (κ3) is 5.31. The van der Waals surface area contributed by atoms with Crippen molar-refractivity contribution in [2.24, 2.45) is 5.92 Å². The zero-order chi connectivity index (χ0) is 21.7. The van der Waals surface area contributed by atoms with E-state index < -0.39 is 11.9 Å². The van der Waals surface area contributed by atoms with Gasteiger partial charge in [-0.25, -0.2) is 9.78 Å². The predicted octanol–water partition coefficient (Wildman–Crippen LogP) is 3.49. The van der Waals surface area contributed by atoms with E-state index in [1.807, 2.05) is 0 Å². The van der Waals surface area contributed by atoms with Gasteiger partial charge in [0.25, 0.3) is 5.56 Å². The molecule has 2 N–H and O–H groups in total. The molecule has 0 fully saturated rings. The fourth-order valence-electron chi connectivity index (χ4n) is 3.42. The Morgan fingerprint density at radius 1 is 1.33 bits per heavy atom. The molecule has 7 nitrogen and oxygen atoms in total. The van der Waals surface area contributed by atoms with Gasteiger partial charge in [0.2, 0.25) is 5.91 Å². The molecule has 0 atom stereocenters. The minimum atomic E-state index is -0.563. The molecule has 0 aliphatic heterocycles. The van der Waals surface area contributed by atoms with Gasteiger partial charge in [-0.05, 0) is 43.6 Å². The van der Waals surface area contributed by atoms with E-state index in [1.165, 1.54) is 28.3 Å². The molecule has 0 saturated carbocycles. The number of nitrogens with zero attached hydrogens (tertiary/aromatic N) is 2. The van der Waals surface area contributed by atoms with Gasteiger partial charge in [0.1, 0.15) is 4.83 Å². The fourth-order valence-corrected chi connectivity index (χ4v) is 5.54. The normalized spacial score (nSPS) is 13.3. The Morgan fingerprint density at radius 3 is 2.83 bits per heavy atom. The van der Waals surface area contributed by atoms with Gasteiger partial charge in [-0.1, -0.05) is 31.7 Å². The first-order valence-electron chi connectivity index (χ1n) is 10.3. The molecule has 2 aromatic heterocycles. The Labute approximate surface area is 184 Å². The molecule has 0 spiro atoms. The van der Waals surface area contributed by atoms with Crippen molar-refractivity contribution in [1.82, 2.24) is 20.2 Å². The Balaban J connectivity index is 1.85. The van der Waals surface area contributed by atoms with Crippen molar-refractivity contribution in [3.8, 4) is 0 Å². The topological polar surface area (TPSA) is 93.1 Å². The summed E-state index contributed by atoms with van der Waals surface area (Å²) in [6.07, 6.45) is 6.58. The molecule has 0 unspecified atom stereocenters. The van der Waals surface area contributed by atoms with Crippen LogP contribution in [0.1, 0.15) is 43.6 Å². The van der Waals surface area contributed by atoms with Crippen molar-refractivity contribution in [3.63, 3.8) is 0 Å². The number of fused-ring (bicyclic) bond motifs is 3. The summed E-state index contributed by atoms with van der Waals surface area (Å²) in [7, 11) is 0. The maximum atomic E-state index is 13.4. The second kappa shape index (κ2) is 10.3. The number of nitrogens with one attached hydrogen (secondary N) is 2. The third-order valence-electron chi connectivity index (χ3n) is 4.96. The van der Waals surface area contributed by atoms with Crippen LogP contribution in [-0.4, -0.2) is 33.8 Å². The van der Waals surface area contributed by atoms with Crippen molar-refractivity contribution >= 4 is 45.3 Å². The Bertz CT molecular complexity index is 1010. The van der Waals surface area contributed by atoms with Crippen molar-refractivity contribution in [1.29, 1.82) is 0 Å². The summed E-state index contributed by atoms with van der Waals surface area (Å²) in [5.74, 6) is 0.0159. The van der Waals surface area contributed by atoms with Gasteiger partial charge in [-0.3, -0.25) is 19.5 Å². The van der Waals surface area contributed by atoms with Crippen LogP contribution in [0, 0.1) is 5.92 Å². The van der Waals surface area contributed by atoms with Gasteiger partial charge < -0.3 is 5.32 Å². The first-order chi connectivity index (χ1) is 14.4. The van der Waals surface area contributed by atoms with Crippen LogP contribution in [0.15, 0.2) is 22.6 Å². The summed E-state index contributed by atoms with van der Waals surface area (Å²) in [6.45, 7) is 8.59. The number of thiophene rings is 1. The Kier molecular flexibility index (Phi) is 7.71. The number of aromatic nitrogens is 2. The molecular formula is C21H28N4O3S2. The molecule has 9 heteroatoms. The molecule has 2 aromatic rings. The van der Waals surface area contributed by atoms with E-state index in [0.29, 0.717) is 17.6 Å². The molecule has 0 bridgehead atoms. The minimum absolute atomic E-state index is 0.00617. The number of hydrogen-bond acceptors (Lipinski definition) is 6. The van der Waals surface area contributed by atoms with Crippen LogP contribution in [0.25, 0.3) is 10.2 Å². The highest BCUT2D eigenvalue weighted by Gasteiger charge is 2.22. The quantitative estimate of drug-likeness (QED) is 0.366. The second-order valence-corrected chi connectivity index (χ2v) is 9.79. The number of imide groups is 1. The number of urea groups is 1. The highest BCUT2D eigenvalue weighted by Crippen LogP contribution is 2.34. The minimum Gasteiger partial charge on any atom is -0.334 e. The van der Waals surface area contributed by atoms with Gasteiger partial charge in [0.15, 0.2) is 5.16 Å². The van der Waals surface area contributed by atoms with Crippen LogP contribution >= 0.6 is 23.1 Å². The number of thioether (sulfide) groups is 1. The summed E-state index contributed by atoms with van der Waals surface area (Å²) in [6, 6.07) is -0.563. The van der Waals surface area contributed by atoms with E-state index in [0.717, 1.165) is 42.3 Å². The lowest BCUT2D eigenvalue weighted by atomic mass is 9.97. The number of hydrogen-bond donors (Lipinski definition) is 2. The molecule has 3 rings (SSSR count). The lowest BCUT2D eigenvalue weighted by Gasteiger charge is -2.14. The van der Waals surface area contributed by atoms with Crippen LogP contribution < -0.4 is 16.2 Å². The van der Waals surface area contributed by atoms with E-state index in [4.69, 9.17) is 4.98 Å². The van der Waals surface area contributed by atoms with Crippen molar-refractivity contribution in [2.75, 3.05) is 12.3 Å². The molecule has 30 heavy (non-hydrogen) atoms. The van der Waals surface area contributed by atoms with Crippen LogP contribution in [0.4, 0.5) is 4.79 Å². The molecule has 162 valence electrons. The highest BCUT2D eigenvalue weighted by molar-refractivity contribution is 7.99. The molecule has 0 aromatic carbocycles. The number of aryl methyl sites for hydroxylation is 2. The predicted molar refractivity (Wildman–Crippen MR) is 122 cm³/mol. The third-order valence-corrected chi connectivity index (χ3v) is 7.12.